The first kappa shape index (κ1) is 19.8. The number of nitrogens with one attached hydrogen (secondary N) is 2. The fourth-order valence-corrected chi connectivity index (χ4v) is 3.46. The Kier molecular flexibility index (Phi) is 6.54. The van der Waals surface area contributed by atoms with Crippen LogP contribution in [0.2, 0.25) is 0 Å². The minimum absolute atomic E-state index is 0.146. The first-order valence-corrected chi connectivity index (χ1v) is 9.77. The summed E-state index contributed by atoms with van der Waals surface area (Å²) in [4.78, 5) is 29.2. The SMILES string of the molecule is Cn1ccnc1C(NC(=O)CCCNC(=O)c1cccs1)c1ccccc1F. The summed E-state index contributed by atoms with van der Waals surface area (Å²) in [5, 5.41) is 7.48. The Morgan fingerprint density at radius 3 is 2.75 bits per heavy atom. The second-order valence-electron chi connectivity index (χ2n) is 6.26. The summed E-state index contributed by atoms with van der Waals surface area (Å²) in [5.41, 5.74) is 0.358. The zero-order valence-corrected chi connectivity index (χ0v) is 16.2. The number of thiophene rings is 1. The van der Waals surface area contributed by atoms with Crippen molar-refractivity contribution in [1.82, 2.24) is 20.2 Å². The van der Waals surface area contributed by atoms with Gasteiger partial charge in [-0.2, -0.15) is 0 Å². The van der Waals surface area contributed by atoms with Gasteiger partial charge < -0.3 is 15.2 Å². The zero-order valence-electron chi connectivity index (χ0n) is 15.4. The van der Waals surface area contributed by atoms with Gasteiger partial charge in [-0.05, 0) is 23.9 Å². The maximum atomic E-state index is 14.3. The molecule has 2 amide bonds. The van der Waals surface area contributed by atoms with Gasteiger partial charge in [0.05, 0.1) is 4.88 Å². The van der Waals surface area contributed by atoms with Crippen LogP contribution >= 0.6 is 11.3 Å². The van der Waals surface area contributed by atoms with E-state index in [1.807, 2.05) is 11.4 Å². The van der Waals surface area contributed by atoms with Crippen molar-refractivity contribution >= 4 is 23.2 Å². The maximum absolute atomic E-state index is 14.3. The quantitative estimate of drug-likeness (QED) is 0.571. The molecule has 146 valence electrons. The average molecular weight is 400 g/mol. The summed E-state index contributed by atoms with van der Waals surface area (Å²) in [7, 11) is 1.79. The van der Waals surface area contributed by atoms with Crippen LogP contribution in [0.3, 0.4) is 0 Å². The van der Waals surface area contributed by atoms with Gasteiger partial charge in [0.25, 0.3) is 5.91 Å². The molecule has 1 aromatic carbocycles. The molecule has 8 heteroatoms. The molecule has 0 saturated carbocycles. The molecular weight excluding hydrogens is 379 g/mol. The molecule has 2 aromatic heterocycles. The van der Waals surface area contributed by atoms with Crippen molar-refractivity contribution in [3.8, 4) is 0 Å². The van der Waals surface area contributed by atoms with Crippen LogP contribution in [0.25, 0.3) is 0 Å². The van der Waals surface area contributed by atoms with Crippen molar-refractivity contribution in [2.75, 3.05) is 6.54 Å². The van der Waals surface area contributed by atoms with Crippen molar-refractivity contribution in [3.63, 3.8) is 0 Å². The molecule has 0 spiro atoms. The summed E-state index contributed by atoms with van der Waals surface area (Å²) in [6, 6.07) is 9.20. The summed E-state index contributed by atoms with van der Waals surface area (Å²) < 4.78 is 16.1. The topological polar surface area (TPSA) is 76.0 Å². The number of imidazole rings is 1. The zero-order chi connectivity index (χ0) is 19.9. The molecule has 2 heterocycles. The number of nitrogens with zero attached hydrogens (tertiary/aromatic N) is 2. The van der Waals surface area contributed by atoms with Gasteiger partial charge in [-0.1, -0.05) is 24.3 Å². The Balaban J connectivity index is 1.58. The molecule has 0 aliphatic heterocycles. The Labute approximate surface area is 166 Å². The number of amides is 2. The molecule has 1 atom stereocenters. The lowest BCUT2D eigenvalue weighted by Crippen LogP contribution is -2.32. The van der Waals surface area contributed by atoms with Gasteiger partial charge in [-0.15, -0.1) is 11.3 Å². The smallest absolute Gasteiger partial charge is 0.261 e. The van der Waals surface area contributed by atoms with Gasteiger partial charge in [0, 0.05) is 38.0 Å². The third kappa shape index (κ3) is 4.83. The van der Waals surface area contributed by atoms with Crippen molar-refractivity contribution in [3.05, 3.63) is 76.3 Å². The first-order valence-electron chi connectivity index (χ1n) is 8.89. The van der Waals surface area contributed by atoms with Gasteiger partial charge in [-0.3, -0.25) is 9.59 Å². The molecule has 0 aliphatic carbocycles. The van der Waals surface area contributed by atoms with Crippen LogP contribution in [0.1, 0.15) is 39.9 Å². The van der Waals surface area contributed by atoms with E-state index in [2.05, 4.69) is 15.6 Å². The van der Waals surface area contributed by atoms with Crippen LogP contribution in [0.15, 0.2) is 54.2 Å². The molecule has 3 rings (SSSR count). The molecule has 2 N–H and O–H groups in total. The van der Waals surface area contributed by atoms with Crippen molar-refractivity contribution in [2.24, 2.45) is 7.05 Å². The van der Waals surface area contributed by atoms with E-state index in [1.54, 1.807) is 48.3 Å². The molecule has 0 saturated heterocycles. The van der Waals surface area contributed by atoms with Gasteiger partial charge in [-0.25, -0.2) is 9.37 Å². The van der Waals surface area contributed by atoms with Crippen LogP contribution in [-0.4, -0.2) is 27.9 Å². The highest BCUT2D eigenvalue weighted by molar-refractivity contribution is 7.12. The van der Waals surface area contributed by atoms with Gasteiger partial charge in [0.1, 0.15) is 17.7 Å². The number of hydrogen-bond acceptors (Lipinski definition) is 4. The molecule has 0 aliphatic rings. The molecule has 3 aromatic rings. The third-order valence-electron chi connectivity index (χ3n) is 4.25. The van der Waals surface area contributed by atoms with Crippen LogP contribution < -0.4 is 10.6 Å². The van der Waals surface area contributed by atoms with Gasteiger partial charge in [0.15, 0.2) is 0 Å². The van der Waals surface area contributed by atoms with Crippen LogP contribution in [0.4, 0.5) is 4.39 Å². The second-order valence-corrected chi connectivity index (χ2v) is 7.20. The predicted octanol–water partition coefficient (Wildman–Crippen LogP) is 3.04. The lowest BCUT2D eigenvalue weighted by molar-refractivity contribution is -0.121. The van der Waals surface area contributed by atoms with E-state index in [-0.39, 0.29) is 18.2 Å². The normalized spacial score (nSPS) is 11.8. The van der Waals surface area contributed by atoms with Crippen molar-refractivity contribution < 1.29 is 14.0 Å². The number of benzene rings is 1. The lowest BCUT2D eigenvalue weighted by Gasteiger charge is -2.19. The maximum Gasteiger partial charge on any atom is 0.261 e. The lowest BCUT2D eigenvalue weighted by atomic mass is 10.0. The number of halogens is 1. The molecule has 0 bridgehead atoms. The second kappa shape index (κ2) is 9.27. The number of carbonyl (C=O) groups excluding carboxylic acids is 2. The van der Waals surface area contributed by atoms with E-state index in [1.165, 1.54) is 17.4 Å². The van der Waals surface area contributed by atoms with E-state index in [9.17, 15) is 14.0 Å². The highest BCUT2D eigenvalue weighted by Crippen LogP contribution is 2.23. The molecule has 0 radical (unpaired) electrons. The van der Waals surface area contributed by atoms with Crippen LogP contribution in [-0.2, 0) is 11.8 Å². The number of rotatable bonds is 8. The van der Waals surface area contributed by atoms with Crippen LogP contribution in [0, 0.1) is 5.82 Å². The first-order chi connectivity index (χ1) is 13.6. The Morgan fingerprint density at radius 1 is 1.25 bits per heavy atom. The van der Waals surface area contributed by atoms with Crippen LogP contribution in [0.5, 0.6) is 0 Å². The molecule has 6 nitrogen and oxygen atoms in total. The van der Waals surface area contributed by atoms with E-state index in [0.717, 1.165) is 0 Å². The standard InChI is InChI=1S/C20H21FN4O2S/c1-25-12-11-22-19(25)18(14-6-2-3-7-15(14)21)24-17(26)9-4-10-23-20(27)16-8-5-13-28-16/h2-3,5-8,11-13,18H,4,9-10H2,1H3,(H,23,27)(H,24,26). The fraction of sp³-hybridized carbons (Fsp3) is 0.250. The van der Waals surface area contributed by atoms with Gasteiger partial charge >= 0.3 is 0 Å². The summed E-state index contributed by atoms with van der Waals surface area (Å²) in [6.45, 7) is 0.386. The predicted molar refractivity (Wildman–Crippen MR) is 105 cm³/mol. The summed E-state index contributed by atoms with van der Waals surface area (Å²) in [6.07, 6.45) is 4.04. The molecular formula is C20H21FN4O2S. The highest BCUT2D eigenvalue weighted by Gasteiger charge is 2.23. The largest absolute Gasteiger partial charge is 0.351 e. The Morgan fingerprint density at radius 2 is 2.07 bits per heavy atom. The van der Waals surface area contributed by atoms with Crippen molar-refractivity contribution in [1.29, 1.82) is 0 Å². The number of hydrogen-bond donors (Lipinski definition) is 2. The Bertz CT molecular complexity index is 939. The summed E-state index contributed by atoms with van der Waals surface area (Å²) in [5.74, 6) is -0.238. The monoisotopic (exact) mass is 400 g/mol. The summed E-state index contributed by atoms with van der Waals surface area (Å²) >= 11 is 1.37. The fourth-order valence-electron chi connectivity index (χ4n) is 2.82. The molecule has 28 heavy (non-hydrogen) atoms. The van der Waals surface area contributed by atoms with Crippen molar-refractivity contribution in [2.45, 2.75) is 18.9 Å². The average Bonchev–Trinajstić information content (AvgIpc) is 3.36. The third-order valence-corrected chi connectivity index (χ3v) is 5.12. The minimum atomic E-state index is -0.686. The number of carbonyl (C=O) groups is 2. The van der Waals surface area contributed by atoms with E-state index >= 15 is 0 Å². The number of aromatic nitrogens is 2. The Hall–Kier alpha value is -3.00. The van der Waals surface area contributed by atoms with E-state index in [4.69, 9.17) is 0 Å². The molecule has 1 unspecified atom stereocenters. The minimum Gasteiger partial charge on any atom is -0.351 e. The van der Waals surface area contributed by atoms with Gasteiger partial charge in [0.2, 0.25) is 5.91 Å². The molecule has 0 fully saturated rings. The van der Waals surface area contributed by atoms with E-state index < -0.39 is 11.9 Å². The number of aryl methyl sites for hydroxylation is 1. The highest BCUT2D eigenvalue weighted by atomic mass is 32.1. The van der Waals surface area contributed by atoms with E-state index in [0.29, 0.717) is 29.2 Å².